The van der Waals surface area contributed by atoms with Crippen molar-refractivity contribution in [2.45, 2.75) is 408 Å². The van der Waals surface area contributed by atoms with E-state index in [0.717, 1.165) is 114 Å². The van der Waals surface area contributed by atoms with Crippen molar-refractivity contribution in [3.05, 3.63) is 0 Å². The van der Waals surface area contributed by atoms with E-state index in [2.05, 4.69) is 55.4 Å². The van der Waals surface area contributed by atoms with Gasteiger partial charge in [-0.15, -0.1) is 0 Å². The number of aliphatic hydroxyl groups is 1. The Balaban J connectivity index is 5.21. The fourth-order valence-electron chi connectivity index (χ4n) is 11.7. The molecule has 96 heavy (non-hydrogen) atoms. The van der Waals surface area contributed by atoms with E-state index in [1.54, 1.807) is 0 Å². The number of carbonyl (C=O) groups excluding carboxylic acids is 4. The number of esters is 4. The second-order valence-electron chi connectivity index (χ2n) is 29.7. The SMILES string of the molecule is CC(C)CCCCCCCCCCCCCCCCCC(=O)O[C@H](COC(=O)CCCCCCCCC(C)C)COP(=O)(O)OCC(O)COP(=O)(O)OC[C@@H](COC(=O)CCCCCCCCCCCC(C)C)OC(=O)CCCCCCCCCCCCCCCCC(C)C. The van der Waals surface area contributed by atoms with E-state index < -0.39 is 97.5 Å². The van der Waals surface area contributed by atoms with E-state index in [1.807, 2.05) is 0 Å². The molecule has 3 N–H and O–H groups in total. The quantitative estimate of drug-likeness (QED) is 0.0222. The smallest absolute Gasteiger partial charge is 0.462 e. The number of ether oxygens (including phenoxy) is 4. The Morgan fingerprint density at radius 3 is 0.646 bits per heavy atom. The van der Waals surface area contributed by atoms with E-state index in [4.69, 9.17) is 37.0 Å². The molecule has 0 aromatic rings. The van der Waals surface area contributed by atoms with Crippen LogP contribution in [0.2, 0.25) is 0 Å². The van der Waals surface area contributed by atoms with Crippen LogP contribution in [-0.4, -0.2) is 96.7 Å². The van der Waals surface area contributed by atoms with Crippen LogP contribution in [0.15, 0.2) is 0 Å². The molecular weight excluding hydrogens is 1260 g/mol. The zero-order valence-corrected chi connectivity index (χ0v) is 64.8. The Bertz CT molecular complexity index is 1880. The third-order valence-corrected chi connectivity index (χ3v) is 19.7. The van der Waals surface area contributed by atoms with Crippen molar-refractivity contribution in [1.82, 2.24) is 0 Å². The van der Waals surface area contributed by atoms with Gasteiger partial charge in [0.05, 0.1) is 26.4 Å². The second kappa shape index (κ2) is 66.3. The third-order valence-electron chi connectivity index (χ3n) is 17.8. The first-order valence-electron chi connectivity index (χ1n) is 39.7. The van der Waals surface area contributed by atoms with Crippen LogP contribution < -0.4 is 0 Å². The van der Waals surface area contributed by atoms with Gasteiger partial charge in [-0.2, -0.15) is 0 Å². The number of rotatable bonds is 74. The molecule has 570 valence electrons. The van der Waals surface area contributed by atoms with E-state index >= 15 is 0 Å². The first-order chi connectivity index (χ1) is 46.1. The van der Waals surface area contributed by atoms with Gasteiger partial charge in [-0.05, 0) is 49.4 Å². The average Bonchev–Trinajstić information content (AvgIpc) is 1.23. The van der Waals surface area contributed by atoms with Crippen LogP contribution in [0.3, 0.4) is 0 Å². The zero-order valence-electron chi connectivity index (χ0n) is 63.0. The molecule has 0 fully saturated rings. The lowest BCUT2D eigenvalue weighted by Crippen LogP contribution is -2.30. The molecule has 0 saturated carbocycles. The standard InChI is InChI=1S/C77H150O17P2/c1-67(2)53-45-37-29-23-18-14-10-9-11-16-20-26-33-43-51-60-77(82)94-73(64-88-75(80)58-50-42-36-35-40-48-56-70(7)8)66-92-96(85,86)90-62-71(78)61-89-95(83,84)91-65-72(63-87-74(79)57-49-41-32-28-22-25-31-39-47-55-69(5)6)93-76(81)59-52-44-34-27-21-17-13-12-15-19-24-30-38-46-54-68(3)4/h67-73,78H,9-66H2,1-8H3,(H,83,84)(H,85,86)/t71?,72-,73-/m1/s1. The van der Waals surface area contributed by atoms with Gasteiger partial charge in [0.15, 0.2) is 12.2 Å². The molecule has 0 heterocycles. The number of hydrogen-bond donors (Lipinski definition) is 3. The molecule has 0 aliphatic rings. The fraction of sp³-hybridized carbons (Fsp3) is 0.948. The molecule has 0 spiro atoms. The van der Waals surface area contributed by atoms with Gasteiger partial charge in [-0.25, -0.2) is 9.13 Å². The van der Waals surface area contributed by atoms with Gasteiger partial charge >= 0.3 is 39.5 Å². The summed E-state index contributed by atoms with van der Waals surface area (Å²) in [7, 11) is -9.91. The molecule has 0 aliphatic carbocycles. The van der Waals surface area contributed by atoms with Crippen LogP contribution in [0.5, 0.6) is 0 Å². The van der Waals surface area contributed by atoms with E-state index in [1.165, 1.54) is 186 Å². The Hall–Kier alpha value is -1.94. The predicted molar refractivity (Wildman–Crippen MR) is 391 cm³/mol. The topological polar surface area (TPSA) is 237 Å². The minimum Gasteiger partial charge on any atom is -0.462 e. The molecule has 0 bridgehead atoms. The van der Waals surface area contributed by atoms with Gasteiger partial charge in [-0.1, -0.05) is 338 Å². The van der Waals surface area contributed by atoms with Crippen molar-refractivity contribution in [1.29, 1.82) is 0 Å². The minimum absolute atomic E-state index is 0.106. The van der Waals surface area contributed by atoms with Gasteiger partial charge < -0.3 is 33.8 Å². The van der Waals surface area contributed by atoms with Crippen molar-refractivity contribution in [2.75, 3.05) is 39.6 Å². The summed E-state index contributed by atoms with van der Waals surface area (Å²) in [5.41, 5.74) is 0. The molecule has 3 unspecified atom stereocenters. The molecular formula is C77H150O17P2. The molecule has 0 saturated heterocycles. The van der Waals surface area contributed by atoms with Crippen molar-refractivity contribution < 1.29 is 80.2 Å². The summed E-state index contributed by atoms with van der Waals surface area (Å²) in [5, 5.41) is 10.6. The number of hydrogen-bond acceptors (Lipinski definition) is 15. The van der Waals surface area contributed by atoms with E-state index in [-0.39, 0.29) is 25.7 Å². The second-order valence-corrected chi connectivity index (χ2v) is 32.6. The molecule has 0 amide bonds. The maximum Gasteiger partial charge on any atom is 0.472 e. The highest BCUT2D eigenvalue weighted by atomic mass is 31.2. The fourth-order valence-corrected chi connectivity index (χ4v) is 13.3. The van der Waals surface area contributed by atoms with Crippen LogP contribution in [0, 0.1) is 23.7 Å². The summed E-state index contributed by atoms with van der Waals surface area (Å²) in [6, 6.07) is 0. The monoisotopic (exact) mass is 1410 g/mol. The molecule has 0 radical (unpaired) electrons. The van der Waals surface area contributed by atoms with Crippen LogP contribution in [-0.2, 0) is 65.4 Å². The van der Waals surface area contributed by atoms with E-state index in [0.29, 0.717) is 31.6 Å². The Morgan fingerprint density at radius 2 is 0.438 bits per heavy atom. The predicted octanol–water partition coefficient (Wildman–Crippen LogP) is 22.4. The van der Waals surface area contributed by atoms with E-state index in [9.17, 15) is 43.2 Å². The maximum atomic E-state index is 13.1. The van der Waals surface area contributed by atoms with Gasteiger partial charge in [-0.3, -0.25) is 37.3 Å². The molecule has 0 aromatic heterocycles. The number of aliphatic hydroxyl groups excluding tert-OH is 1. The number of unbranched alkanes of at least 4 members (excludes halogenated alkanes) is 40. The van der Waals surface area contributed by atoms with Gasteiger partial charge in [0.1, 0.15) is 19.3 Å². The van der Waals surface area contributed by atoms with Gasteiger partial charge in [0, 0.05) is 25.7 Å². The Morgan fingerprint density at radius 1 is 0.260 bits per heavy atom. The van der Waals surface area contributed by atoms with Crippen molar-refractivity contribution in [3.63, 3.8) is 0 Å². The average molecular weight is 1410 g/mol. The van der Waals surface area contributed by atoms with Crippen LogP contribution in [0.25, 0.3) is 0 Å². The molecule has 19 heteroatoms. The third kappa shape index (κ3) is 70.5. The number of phosphoric ester groups is 2. The van der Waals surface area contributed by atoms with Crippen LogP contribution in [0.4, 0.5) is 0 Å². The van der Waals surface area contributed by atoms with Gasteiger partial charge in [0.2, 0.25) is 0 Å². The van der Waals surface area contributed by atoms with Crippen LogP contribution >= 0.6 is 15.6 Å². The van der Waals surface area contributed by atoms with Crippen molar-refractivity contribution in [2.24, 2.45) is 23.7 Å². The number of carbonyl (C=O) groups is 4. The van der Waals surface area contributed by atoms with Crippen molar-refractivity contribution in [3.8, 4) is 0 Å². The summed E-state index contributed by atoms with van der Waals surface area (Å²) in [6.45, 7) is 14.2. The molecule has 0 aliphatic heterocycles. The Labute approximate surface area is 588 Å². The maximum absolute atomic E-state index is 13.1. The summed E-state index contributed by atoms with van der Waals surface area (Å²) < 4.78 is 68.5. The molecule has 0 aromatic carbocycles. The first kappa shape index (κ1) is 94.1. The highest BCUT2D eigenvalue weighted by Gasteiger charge is 2.30. The Kier molecular flexibility index (Phi) is 65.0. The number of phosphoric acid groups is 2. The lowest BCUT2D eigenvalue weighted by atomic mass is 10.0. The summed E-state index contributed by atoms with van der Waals surface area (Å²) in [6.07, 6.45) is 51.5. The molecule has 17 nitrogen and oxygen atoms in total. The van der Waals surface area contributed by atoms with Gasteiger partial charge in [0.25, 0.3) is 0 Å². The lowest BCUT2D eigenvalue weighted by molar-refractivity contribution is -0.161. The lowest BCUT2D eigenvalue weighted by Gasteiger charge is -2.21. The first-order valence-corrected chi connectivity index (χ1v) is 42.7. The largest absolute Gasteiger partial charge is 0.472 e. The minimum atomic E-state index is -4.96. The summed E-state index contributed by atoms with van der Waals surface area (Å²) in [4.78, 5) is 72.8. The molecule has 5 atom stereocenters. The molecule has 0 rings (SSSR count). The highest BCUT2D eigenvalue weighted by molar-refractivity contribution is 7.47. The normalized spacial score (nSPS) is 14.1. The van der Waals surface area contributed by atoms with Crippen LogP contribution in [0.1, 0.15) is 389 Å². The summed E-state index contributed by atoms with van der Waals surface area (Å²) >= 11 is 0. The zero-order chi connectivity index (χ0) is 71.0. The highest BCUT2D eigenvalue weighted by Crippen LogP contribution is 2.45. The summed E-state index contributed by atoms with van der Waals surface area (Å²) in [5.74, 6) is 0.900. The van der Waals surface area contributed by atoms with Crippen molar-refractivity contribution >= 4 is 39.5 Å².